The molecule has 7 nitrogen and oxygen atoms in total. The van der Waals surface area contributed by atoms with Crippen molar-refractivity contribution < 1.29 is 23.9 Å². The first-order valence-corrected chi connectivity index (χ1v) is 13.8. The van der Waals surface area contributed by atoms with Crippen LogP contribution < -0.4 is 23.7 Å². The van der Waals surface area contributed by atoms with Gasteiger partial charge in [-0.1, -0.05) is 23.2 Å². The van der Waals surface area contributed by atoms with Gasteiger partial charge in [-0.2, -0.15) is 4.57 Å². The number of phenols is 1. The maximum Gasteiger partial charge on any atom is 0.231 e. The minimum absolute atomic E-state index is 0.172. The second kappa shape index (κ2) is 9.66. The van der Waals surface area contributed by atoms with Crippen LogP contribution in [0.15, 0.2) is 48.7 Å². The highest BCUT2D eigenvalue weighted by molar-refractivity contribution is 6.35. The van der Waals surface area contributed by atoms with E-state index in [9.17, 15) is 5.11 Å². The van der Waals surface area contributed by atoms with Crippen LogP contribution in [0.2, 0.25) is 10.0 Å². The van der Waals surface area contributed by atoms with Crippen LogP contribution in [0.5, 0.6) is 23.0 Å². The summed E-state index contributed by atoms with van der Waals surface area (Å²) in [5.41, 5.74) is 5.66. The van der Waals surface area contributed by atoms with Gasteiger partial charge < -0.3 is 24.2 Å². The lowest BCUT2D eigenvalue weighted by Crippen LogP contribution is -2.46. The van der Waals surface area contributed by atoms with Crippen molar-refractivity contribution in [1.82, 2.24) is 4.90 Å². The molecule has 4 aromatic rings. The van der Waals surface area contributed by atoms with Crippen molar-refractivity contribution in [2.75, 3.05) is 45.0 Å². The Morgan fingerprint density at radius 3 is 2.41 bits per heavy atom. The Kier molecular flexibility index (Phi) is 6.10. The largest absolute Gasteiger partial charge is 0.504 e. The smallest absolute Gasteiger partial charge is 0.231 e. The second-order valence-electron chi connectivity index (χ2n) is 10.3. The molecule has 3 aliphatic heterocycles. The number of benzene rings is 3. The van der Waals surface area contributed by atoms with Gasteiger partial charge in [-0.05, 0) is 47.5 Å². The molecule has 0 saturated carbocycles. The third kappa shape index (κ3) is 4.39. The molecule has 7 rings (SSSR count). The number of pyridine rings is 1. The number of ether oxygens (including phenoxy) is 3. The number of hydrogen-bond acceptors (Lipinski definition) is 6. The predicted molar refractivity (Wildman–Crippen MR) is 152 cm³/mol. The van der Waals surface area contributed by atoms with E-state index in [1.165, 1.54) is 5.56 Å². The molecule has 1 fully saturated rings. The van der Waals surface area contributed by atoms with Gasteiger partial charge in [0.25, 0.3) is 0 Å². The van der Waals surface area contributed by atoms with Gasteiger partial charge in [0.1, 0.15) is 0 Å². The molecule has 3 aromatic carbocycles. The van der Waals surface area contributed by atoms with Crippen molar-refractivity contribution >= 4 is 39.7 Å². The van der Waals surface area contributed by atoms with Gasteiger partial charge in [-0.15, -0.1) is 0 Å². The summed E-state index contributed by atoms with van der Waals surface area (Å²) in [6, 6.07) is 14.0. The molecule has 1 saturated heterocycles. The highest BCUT2D eigenvalue weighted by Crippen LogP contribution is 2.42. The number of nitrogens with zero attached hydrogens (tertiary/aromatic N) is 3. The topological polar surface area (TPSA) is 58.3 Å². The van der Waals surface area contributed by atoms with Crippen LogP contribution in [-0.2, 0) is 19.5 Å². The molecule has 0 atom stereocenters. The highest BCUT2D eigenvalue weighted by Gasteiger charge is 2.30. The van der Waals surface area contributed by atoms with E-state index >= 15 is 0 Å². The van der Waals surface area contributed by atoms with E-state index in [0.717, 1.165) is 90.5 Å². The number of fused-ring (bicyclic) bond motifs is 5. The van der Waals surface area contributed by atoms with Crippen LogP contribution in [0.25, 0.3) is 22.0 Å². The summed E-state index contributed by atoms with van der Waals surface area (Å²) in [6.45, 7) is 5.34. The quantitative estimate of drug-likeness (QED) is 0.334. The summed E-state index contributed by atoms with van der Waals surface area (Å²) >= 11 is 12.5. The molecule has 0 amide bonds. The van der Waals surface area contributed by atoms with E-state index in [1.807, 2.05) is 18.2 Å². The lowest BCUT2D eigenvalue weighted by Gasteiger charge is -2.36. The lowest BCUT2D eigenvalue weighted by molar-refractivity contribution is -0.686. The standard InChI is InChI=1S/C30H27Cl2N3O4/c1-37-29-9-19(15-33-4-6-34(7-5-33)22-11-20(31)10-21(32)12-22)23-13-26-24-14-28-27(38-17-39-28)8-18(24)2-3-35(26)16-25(23)30(29)36/h8-14,16H,2-7,15,17H2,1H3/p+1. The lowest BCUT2D eigenvalue weighted by atomic mass is 9.94. The zero-order valence-corrected chi connectivity index (χ0v) is 23.1. The van der Waals surface area contributed by atoms with Gasteiger partial charge in [0.2, 0.25) is 12.5 Å². The van der Waals surface area contributed by atoms with Crippen LogP contribution >= 0.6 is 23.2 Å². The maximum absolute atomic E-state index is 11.1. The van der Waals surface area contributed by atoms with Crippen LogP contribution in [0.3, 0.4) is 0 Å². The average Bonchev–Trinajstić information content (AvgIpc) is 3.40. The molecule has 4 heterocycles. The van der Waals surface area contributed by atoms with Gasteiger partial charge >= 0.3 is 0 Å². The Morgan fingerprint density at radius 2 is 1.67 bits per heavy atom. The van der Waals surface area contributed by atoms with E-state index in [4.69, 9.17) is 37.4 Å². The molecule has 0 aliphatic carbocycles. The van der Waals surface area contributed by atoms with E-state index in [1.54, 1.807) is 13.2 Å². The number of aromatic nitrogens is 1. The first-order valence-electron chi connectivity index (χ1n) is 13.1. The fraction of sp³-hybridized carbons (Fsp3) is 0.300. The second-order valence-corrected chi connectivity index (χ2v) is 11.1. The normalized spacial score (nSPS) is 16.3. The zero-order valence-electron chi connectivity index (χ0n) is 21.5. The van der Waals surface area contributed by atoms with Gasteiger partial charge in [0, 0.05) is 66.3 Å². The minimum Gasteiger partial charge on any atom is -0.504 e. The molecule has 3 aliphatic rings. The molecule has 1 N–H and O–H groups in total. The predicted octanol–water partition coefficient (Wildman–Crippen LogP) is 5.42. The average molecular weight is 565 g/mol. The van der Waals surface area contributed by atoms with E-state index in [-0.39, 0.29) is 12.5 Å². The monoisotopic (exact) mass is 564 g/mol. The molecule has 1 aromatic heterocycles. The Balaban J connectivity index is 1.23. The van der Waals surface area contributed by atoms with E-state index in [0.29, 0.717) is 15.8 Å². The van der Waals surface area contributed by atoms with Gasteiger partial charge in [-0.25, -0.2) is 0 Å². The summed E-state index contributed by atoms with van der Waals surface area (Å²) in [7, 11) is 1.60. The summed E-state index contributed by atoms with van der Waals surface area (Å²) < 4.78 is 19.1. The number of anilines is 1. The molecular weight excluding hydrogens is 537 g/mol. The van der Waals surface area contributed by atoms with Gasteiger partial charge in [0.05, 0.1) is 18.1 Å². The number of halogens is 2. The summed E-state index contributed by atoms with van der Waals surface area (Å²) in [5, 5.41) is 14.2. The highest BCUT2D eigenvalue weighted by atomic mass is 35.5. The Labute approximate surface area is 236 Å². The Morgan fingerprint density at radius 1 is 0.923 bits per heavy atom. The van der Waals surface area contributed by atoms with Crippen molar-refractivity contribution in [3.05, 3.63) is 69.8 Å². The molecule has 39 heavy (non-hydrogen) atoms. The van der Waals surface area contributed by atoms with Crippen molar-refractivity contribution in [2.24, 2.45) is 0 Å². The molecule has 0 spiro atoms. The number of rotatable bonds is 4. The minimum atomic E-state index is 0.172. The van der Waals surface area contributed by atoms with Crippen molar-refractivity contribution in [3.63, 3.8) is 0 Å². The van der Waals surface area contributed by atoms with Crippen molar-refractivity contribution in [3.8, 4) is 34.3 Å². The maximum atomic E-state index is 11.1. The van der Waals surface area contributed by atoms with Crippen LogP contribution in [0.4, 0.5) is 5.69 Å². The summed E-state index contributed by atoms with van der Waals surface area (Å²) in [6.07, 6.45) is 2.94. The van der Waals surface area contributed by atoms with Gasteiger partial charge in [0.15, 0.2) is 35.7 Å². The van der Waals surface area contributed by atoms with Crippen molar-refractivity contribution in [2.45, 2.75) is 19.5 Å². The summed E-state index contributed by atoms with van der Waals surface area (Å²) in [4.78, 5) is 4.75. The van der Waals surface area contributed by atoms with Crippen LogP contribution in [0, 0.1) is 0 Å². The summed E-state index contributed by atoms with van der Waals surface area (Å²) in [5.74, 6) is 2.25. The molecule has 0 unspecified atom stereocenters. The molecule has 0 bridgehead atoms. The molecule has 0 radical (unpaired) electrons. The number of hydrogen-bond donors (Lipinski definition) is 1. The third-order valence-corrected chi connectivity index (χ3v) is 8.44. The molecular formula is C30H28Cl2N3O4+. The zero-order chi connectivity index (χ0) is 26.7. The third-order valence-electron chi connectivity index (χ3n) is 8.00. The van der Waals surface area contributed by atoms with E-state index < -0.39 is 0 Å². The first-order chi connectivity index (χ1) is 19.0. The molecule has 200 valence electrons. The van der Waals surface area contributed by atoms with E-state index in [2.05, 4.69) is 38.8 Å². The van der Waals surface area contributed by atoms with Crippen LogP contribution in [0.1, 0.15) is 11.1 Å². The number of methoxy groups -OCH3 is 1. The fourth-order valence-electron chi connectivity index (χ4n) is 5.98. The number of aromatic hydroxyl groups is 1. The number of aryl methyl sites for hydroxylation is 2. The van der Waals surface area contributed by atoms with Crippen LogP contribution in [-0.4, -0.2) is 50.1 Å². The molecule has 9 heteroatoms. The van der Waals surface area contributed by atoms with Gasteiger partial charge in [-0.3, -0.25) is 4.90 Å². The Bertz CT molecular complexity index is 1600. The number of piperazine rings is 1. The Hall–Kier alpha value is -3.39. The van der Waals surface area contributed by atoms with Crippen molar-refractivity contribution in [1.29, 1.82) is 0 Å². The SMILES string of the molecule is COc1cc(CN2CCN(c3cc(Cl)cc(Cl)c3)CC2)c2cc3[n+](cc2c1O)CCc1cc2c(cc1-3)OCO2. The fourth-order valence-corrected chi connectivity index (χ4v) is 6.50. The number of phenolic OH excluding ortho intramolecular Hbond substituents is 1. The first kappa shape index (κ1) is 24.6.